The van der Waals surface area contributed by atoms with Gasteiger partial charge < -0.3 is 5.32 Å². The molecule has 5 heteroatoms. The Morgan fingerprint density at radius 1 is 1.24 bits per heavy atom. The van der Waals surface area contributed by atoms with E-state index in [0.29, 0.717) is 4.88 Å². The van der Waals surface area contributed by atoms with E-state index in [4.69, 9.17) is 0 Å². The number of carbonyl (C=O) groups excluding carboxylic acids is 1. The number of rotatable bonds is 2. The summed E-state index contributed by atoms with van der Waals surface area (Å²) >= 11 is 8.16. The largest absolute Gasteiger partial charge is 0.321 e. The SMILES string of the molecule is Cc1cc(Br)cc(NC(=O)c2ccc(Br)s2)c1. The van der Waals surface area contributed by atoms with Crippen molar-refractivity contribution in [2.75, 3.05) is 5.32 Å². The molecule has 0 saturated heterocycles. The Bertz CT molecular complexity index is 545. The molecule has 0 atom stereocenters. The van der Waals surface area contributed by atoms with Gasteiger partial charge in [0.15, 0.2) is 0 Å². The van der Waals surface area contributed by atoms with Gasteiger partial charge >= 0.3 is 0 Å². The van der Waals surface area contributed by atoms with Crippen LogP contribution >= 0.6 is 43.2 Å². The van der Waals surface area contributed by atoms with E-state index in [1.807, 2.05) is 31.2 Å². The van der Waals surface area contributed by atoms with E-state index in [1.54, 1.807) is 6.07 Å². The first-order valence-electron chi connectivity index (χ1n) is 4.88. The average Bonchev–Trinajstić information content (AvgIpc) is 2.63. The summed E-state index contributed by atoms with van der Waals surface area (Å²) in [5.41, 5.74) is 1.90. The number of nitrogens with one attached hydrogen (secondary N) is 1. The predicted octanol–water partition coefficient (Wildman–Crippen LogP) is 4.83. The molecule has 0 bridgehead atoms. The highest BCUT2D eigenvalue weighted by molar-refractivity contribution is 9.11. The molecule has 2 aromatic rings. The molecule has 88 valence electrons. The summed E-state index contributed by atoms with van der Waals surface area (Å²) in [5, 5.41) is 2.87. The zero-order chi connectivity index (χ0) is 12.4. The number of halogens is 2. The Morgan fingerprint density at radius 3 is 2.59 bits per heavy atom. The molecule has 2 rings (SSSR count). The van der Waals surface area contributed by atoms with Crippen LogP contribution in [0.1, 0.15) is 15.2 Å². The van der Waals surface area contributed by atoms with E-state index in [-0.39, 0.29) is 5.91 Å². The first-order valence-corrected chi connectivity index (χ1v) is 7.29. The first-order chi connectivity index (χ1) is 8.04. The Balaban J connectivity index is 2.18. The van der Waals surface area contributed by atoms with Crippen LogP contribution in [-0.4, -0.2) is 5.91 Å². The zero-order valence-corrected chi connectivity index (χ0v) is 12.9. The lowest BCUT2D eigenvalue weighted by Crippen LogP contribution is -2.10. The maximum absolute atomic E-state index is 11.9. The molecule has 1 aromatic heterocycles. The van der Waals surface area contributed by atoms with Crippen LogP contribution in [0, 0.1) is 6.92 Å². The molecule has 2 nitrogen and oxygen atoms in total. The van der Waals surface area contributed by atoms with Crippen molar-refractivity contribution < 1.29 is 4.79 Å². The van der Waals surface area contributed by atoms with Crippen molar-refractivity contribution in [3.63, 3.8) is 0 Å². The number of aryl methyl sites for hydroxylation is 1. The molecule has 0 spiro atoms. The second-order valence-corrected chi connectivity index (χ2v) is 6.95. The number of carbonyl (C=O) groups is 1. The minimum absolute atomic E-state index is 0.0850. The van der Waals surface area contributed by atoms with Gasteiger partial charge in [-0.2, -0.15) is 0 Å². The van der Waals surface area contributed by atoms with E-state index in [1.165, 1.54) is 11.3 Å². The predicted molar refractivity (Wildman–Crippen MR) is 78.9 cm³/mol. The maximum Gasteiger partial charge on any atom is 0.265 e. The number of benzene rings is 1. The summed E-state index contributed by atoms with van der Waals surface area (Å²) < 4.78 is 1.91. The highest BCUT2D eigenvalue weighted by Gasteiger charge is 2.09. The van der Waals surface area contributed by atoms with Gasteiger partial charge in [-0.1, -0.05) is 15.9 Å². The Kier molecular flexibility index (Phi) is 4.01. The molecule has 1 aromatic carbocycles. The van der Waals surface area contributed by atoms with Crippen molar-refractivity contribution >= 4 is 54.8 Å². The Hall–Kier alpha value is -0.650. The first kappa shape index (κ1) is 12.8. The normalized spacial score (nSPS) is 10.3. The van der Waals surface area contributed by atoms with Crippen molar-refractivity contribution in [1.29, 1.82) is 0 Å². The number of hydrogen-bond acceptors (Lipinski definition) is 2. The summed E-state index contributed by atoms with van der Waals surface area (Å²) in [4.78, 5) is 12.6. The molecule has 0 radical (unpaired) electrons. The third-order valence-corrected chi connectivity index (χ3v) is 4.18. The van der Waals surface area contributed by atoms with Crippen molar-refractivity contribution in [3.8, 4) is 0 Å². The average molecular weight is 375 g/mol. The third-order valence-electron chi connectivity index (χ3n) is 2.10. The van der Waals surface area contributed by atoms with E-state index in [9.17, 15) is 4.79 Å². The smallest absolute Gasteiger partial charge is 0.265 e. The van der Waals surface area contributed by atoms with Crippen LogP contribution in [-0.2, 0) is 0 Å². The number of hydrogen-bond donors (Lipinski definition) is 1. The van der Waals surface area contributed by atoms with Gasteiger partial charge in [-0.25, -0.2) is 0 Å². The van der Waals surface area contributed by atoms with Crippen LogP contribution in [0.25, 0.3) is 0 Å². The van der Waals surface area contributed by atoms with Crippen LogP contribution < -0.4 is 5.32 Å². The number of thiophene rings is 1. The summed E-state index contributed by atoms with van der Waals surface area (Å²) in [6.45, 7) is 1.99. The summed E-state index contributed by atoms with van der Waals surface area (Å²) in [7, 11) is 0. The third kappa shape index (κ3) is 3.40. The lowest BCUT2D eigenvalue weighted by Gasteiger charge is -2.05. The van der Waals surface area contributed by atoms with Crippen molar-refractivity contribution in [3.05, 3.63) is 49.0 Å². The van der Waals surface area contributed by atoms with Gasteiger partial charge in [0.2, 0.25) is 0 Å². The van der Waals surface area contributed by atoms with Gasteiger partial charge in [0, 0.05) is 10.2 Å². The van der Waals surface area contributed by atoms with Crippen LogP contribution in [0.5, 0.6) is 0 Å². The molecule has 17 heavy (non-hydrogen) atoms. The molecule has 0 fully saturated rings. The minimum atomic E-state index is -0.0850. The zero-order valence-electron chi connectivity index (χ0n) is 8.96. The standard InChI is InChI=1S/C12H9Br2NOS/c1-7-4-8(13)6-9(5-7)15-12(16)10-2-3-11(14)17-10/h2-6H,1H3,(H,15,16). The second-order valence-electron chi connectivity index (χ2n) is 3.58. The van der Waals surface area contributed by atoms with E-state index < -0.39 is 0 Å². The fraction of sp³-hybridized carbons (Fsp3) is 0.0833. The van der Waals surface area contributed by atoms with Crippen LogP contribution in [0.3, 0.4) is 0 Å². The van der Waals surface area contributed by atoms with Crippen LogP contribution in [0.2, 0.25) is 0 Å². The second kappa shape index (κ2) is 5.33. The van der Waals surface area contributed by atoms with Crippen LogP contribution in [0.4, 0.5) is 5.69 Å². The molecule has 0 aliphatic heterocycles. The minimum Gasteiger partial charge on any atom is -0.321 e. The van der Waals surface area contributed by atoms with Gasteiger partial charge in [-0.3, -0.25) is 4.79 Å². The van der Waals surface area contributed by atoms with E-state index >= 15 is 0 Å². The van der Waals surface area contributed by atoms with Crippen molar-refractivity contribution in [2.45, 2.75) is 6.92 Å². The van der Waals surface area contributed by atoms with Gasteiger partial charge in [-0.05, 0) is 58.7 Å². The summed E-state index contributed by atoms with van der Waals surface area (Å²) in [6, 6.07) is 9.48. The fourth-order valence-electron chi connectivity index (χ4n) is 1.44. The molecule has 1 heterocycles. The Morgan fingerprint density at radius 2 is 2.00 bits per heavy atom. The highest BCUT2D eigenvalue weighted by atomic mass is 79.9. The lowest BCUT2D eigenvalue weighted by molar-refractivity contribution is 0.103. The molecule has 0 unspecified atom stereocenters. The molecule has 1 amide bonds. The van der Waals surface area contributed by atoms with Gasteiger partial charge in [0.25, 0.3) is 5.91 Å². The highest BCUT2D eigenvalue weighted by Crippen LogP contribution is 2.24. The molecular weight excluding hydrogens is 366 g/mol. The van der Waals surface area contributed by atoms with Crippen LogP contribution in [0.15, 0.2) is 38.6 Å². The van der Waals surface area contributed by atoms with E-state index in [0.717, 1.165) is 19.5 Å². The lowest BCUT2D eigenvalue weighted by atomic mass is 10.2. The van der Waals surface area contributed by atoms with Gasteiger partial charge in [-0.15, -0.1) is 11.3 Å². The Labute approximate surface area is 120 Å². The van der Waals surface area contributed by atoms with Gasteiger partial charge in [0.05, 0.1) is 8.66 Å². The summed E-state index contributed by atoms with van der Waals surface area (Å²) in [5.74, 6) is -0.0850. The monoisotopic (exact) mass is 373 g/mol. The van der Waals surface area contributed by atoms with Crippen molar-refractivity contribution in [2.24, 2.45) is 0 Å². The number of amides is 1. The molecule has 0 aliphatic rings. The fourth-order valence-corrected chi connectivity index (χ4v) is 3.33. The van der Waals surface area contributed by atoms with Crippen molar-refractivity contribution in [1.82, 2.24) is 0 Å². The molecule has 0 saturated carbocycles. The molecule has 1 N–H and O–H groups in total. The molecule has 0 aliphatic carbocycles. The van der Waals surface area contributed by atoms with E-state index in [2.05, 4.69) is 37.2 Å². The molecular formula is C12H9Br2NOS. The topological polar surface area (TPSA) is 29.1 Å². The number of anilines is 1. The quantitative estimate of drug-likeness (QED) is 0.800. The maximum atomic E-state index is 11.9. The van der Waals surface area contributed by atoms with Gasteiger partial charge in [0.1, 0.15) is 0 Å². The summed E-state index contributed by atoms with van der Waals surface area (Å²) in [6.07, 6.45) is 0.